The molecular formula is C11H9NO3S. The van der Waals surface area contributed by atoms with Crippen LogP contribution in [-0.2, 0) is 4.79 Å². The predicted molar refractivity (Wildman–Crippen MR) is 60.1 cm³/mol. The maximum Gasteiger partial charge on any atom is 0.271 e. The maximum absolute atomic E-state index is 11.8. The van der Waals surface area contributed by atoms with E-state index < -0.39 is 0 Å². The van der Waals surface area contributed by atoms with Crippen LogP contribution in [0.15, 0.2) is 24.3 Å². The summed E-state index contributed by atoms with van der Waals surface area (Å²) in [4.78, 5) is 34.4. The summed E-state index contributed by atoms with van der Waals surface area (Å²) in [6.45, 7) is 1.42. The van der Waals surface area contributed by atoms with Crippen LogP contribution in [0.1, 0.15) is 27.6 Å². The molecule has 5 heteroatoms. The van der Waals surface area contributed by atoms with Crippen molar-refractivity contribution in [2.45, 2.75) is 6.92 Å². The third-order valence-electron chi connectivity index (χ3n) is 2.15. The molecule has 0 bridgehead atoms. The van der Waals surface area contributed by atoms with Crippen LogP contribution < -0.4 is 0 Å². The Hall–Kier alpha value is -1.62. The van der Waals surface area contributed by atoms with Gasteiger partial charge in [0.15, 0.2) is 0 Å². The number of rotatable bonds is 3. The average Bonchev–Trinajstić information content (AvgIpc) is 2.50. The second kappa shape index (κ2) is 4.09. The van der Waals surface area contributed by atoms with Crippen LogP contribution in [0.5, 0.6) is 0 Å². The van der Waals surface area contributed by atoms with E-state index in [-0.39, 0.29) is 23.4 Å². The quantitative estimate of drug-likeness (QED) is 0.588. The third kappa shape index (κ3) is 1.74. The van der Waals surface area contributed by atoms with Gasteiger partial charge in [-0.15, -0.1) is 0 Å². The highest BCUT2D eigenvalue weighted by molar-refractivity contribution is 7.98. The lowest BCUT2D eigenvalue weighted by Gasteiger charge is -2.10. The minimum atomic E-state index is -0.341. The van der Waals surface area contributed by atoms with Crippen molar-refractivity contribution >= 4 is 29.5 Å². The Morgan fingerprint density at radius 1 is 1.19 bits per heavy atom. The smallest absolute Gasteiger partial charge is 0.271 e. The van der Waals surface area contributed by atoms with Gasteiger partial charge in [-0.2, -0.15) is 0 Å². The number of carbonyl (C=O) groups is 3. The summed E-state index contributed by atoms with van der Waals surface area (Å²) in [7, 11) is 0. The first-order valence-corrected chi connectivity index (χ1v) is 5.65. The first kappa shape index (κ1) is 10.9. The van der Waals surface area contributed by atoms with Gasteiger partial charge in [-0.05, 0) is 31.0 Å². The van der Waals surface area contributed by atoms with Crippen molar-refractivity contribution < 1.29 is 14.4 Å². The Balaban J connectivity index is 2.25. The molecule has 1 aromatic carbocycles. The highest BCUT2D eigenvalue weighted by Crippen LogP contribution is 2.27. The van der Waals surface area contributed by atoms with Gasteiger partial charge in [-0.3, -0.25) is 14.4 Å². The van der Waals surface area contributed by atoms with Gasteiger partial charge < -0.3 is 0 Å². The van der Waals surface area contributed by atoms with Crippen molar-refractivity contribution in [2.75, 3.05) is 5.75 Å². The lowest BCUT2D eigenvalue weighted by atomic mass is 10.1. The van der Waals surface area contributed by atoms with E-state index in [2.05, 4.69) is 0 Å². The molecule has 0 aliphatic carbocycles. The monoisotopic (exact) mass is 235 g/mol. The Labute approximate surface area is 96.8 Å². The van der Waals surface area contributed by atoms with Gasteiger partial charge in [0, 0.05) is 0 Å². The van der Waals surface area contributed by atoms with Crippen molar-refractivity contribution in [1.82, 2.24) is 4.31 Å². The average molecular weight is 235 g/mol. The number of imide groups is 1. The third-order valence-corrected chi connectivity index (χ3v) is 3.28. The molecule has 2 rings (SSSR count). The number of carbonyl (C=O) groups excluding carboxylic acids is 3. The van der Waals surface area contributed by atoms with Gasteiger partial charge in [0.05, 0.1) is 16.9 Å². The lowest BCUT2D eigenvalue weighted by Crippen LogP contribution is -2.23. The number of amides is 2. The molecule has 0 fully saturated rings. The van der Waals surface area contributed by atoms with E-state index in [0.717, 1.165) is 16.3 Å². The van der Waals surface area contributed by atoms with Gasteiger partial charge in [0.1, 0.15) is 5.78 Å². The lowest BCUT2D eigenvalue weighted by molar-refractivity contribution is -0.114. The summed E-state index contributed by atoms with van der Waals surface area (Å²) in [6.07, 6.45) is 0. The minimum absolute atomic E-state index is 0.0680. The van der Waals surface area contributed by atoms with Crippen LogP contribution in [0, 0.1) is 0 Å². The fraction of sp³-hybridized carbons (Fsp3) is 0.182. The minimum Gasteiger partial charge on any atom is -0.299 e. The molecular weight excluding hydrogens is 226 g/mol. The molecule has 0 radical (unpaired) electrons. The first-order valence-electron chi connectivity index (χ1n) is 4.71. The molecule has 1 aliphatic rings. The number of hydrogen-bond acceptors (Lipinski definition) is 4. The van der Waals surface area contributed by atoms with Gasteiger partial charge in [0.25, 0.3) is 11.8 Å². The zero-order valence-corrected chi connectivity index (χ0v) is 9.41. The molecule has 16 heavy (non-hydrogen) atoms. The molecule has 2 amide bonds. The second-order valence-corrected chi connectivity index (χ2v) is 4.34. The zero-order valence-electron chi connectivity index (χ0n) is 8.60. The zero-order chi connectivity index (χ0) is 11.7. The Morgan fingerprint density at radius 3 is 2.12 bits per heavy atom. The number of nitrogens with zero attached hydrogens (tertiary/aromatic N) is 1. The molecule has 0 atom stereocenters. The van der Waals surface area contributed by atoms with E-state index in [9.17, 15) is 14.4 Å². The van der Waals surface area contributed by atoms with E-state index in [4.69, 9.17) is 0 Å². The van der Waals surface area contributed by atoms with E-state index in [1.54, 1.807) is 24.3 Å². The Bertz CT molecular complexity index is 449. The van der Waals surface area contributed by atoms with Crippen molar-refractivity contribution in [1.29, 1.82) is 0 Å². The van der Waals surface area contributed by atoms with Crippen molar-refractivity contribution in [3.05, 3.63) is 35.4 Å². The van der Waals surface area contributed by atoms with Crippen LogP contribution in [0.4, 0.5) is 0 Å². The predicted octanol–water partition coefficient (Wildman–Crippen LogP) is 1.52. The number of Topliss-reactive ketones (excluding diaryl/α,β-unsaturated/α-hetero) is 1. The summed E-state index contributed by atoms with van der Waals surface area (Å²) >= 11 is 0.950. The molecule has 82 valence electrons. The van der Waals surface area contributed by atoms with Gasteiger partial charge in [-0.1, -0.05) is 12.1 Å². The van der Waals surface area contributed by atoms with Crippen molar-refractivity contribution in [3.8, 4) is 0 Å². The van der Waals surface area contributed by atoms with Gasteiger partial charge in [-0.25, -0.2) is 4.31 Å². The molecule has 4 nitrogen and oxygen atoms in total. The summed E-state index contributed by atoms with van der Waals surface area (Å²) in [6, 6.07) is 6.65. The summed E-state index contributed by atoms with van der Waals surface area (Å²) in [5.41, 5.74) is 0.812. The Kier molecular flexibility index (Phi) is 2.78. The molecule has 1 aromatic rings. The van der Waals surface area contributed by atoms with E-state index >= 15 is 0 Å². The van der Waals surface area contributed by atoms with Crippen molar-refractivity contribution in [3.63, 3.8) is 0 Å². The standard InChI is InChI=1S/C11H9NO3S/c1-7(13)6-16-12-10(14)8-4-2-3-5-9(8)11(12)15/h2-5H,6H2,1H3. The molecule has 0 unspecified atom stereocenters. The fourth-order valence-electron chi connectivity index (χ4n) is 1.44. The SMILES string of the molecule is CC(=O)CSN1C(=O)c2ccccc2C1=O. The molecule has 0 spiro atoms. The second-order valence-electron chi connectivity index (χ2n) is 3.43. The number of benzene rings is 1. The fourth-order valence-corrected chi connectivity index (χ4v) is 2.18. The number of ketones is 1. The van der Waals surface area contributed by atoms with E-state index in [1.165, 1.54) is 6.92 Å². The molecule has 1 aliphatic heterocycles. The van der Waals surface area contributed by atoms with Crippen LogP contribution >= 0.6 is 11.9 Å². The molecule has 1 heterocycles. The normalized spacial score (nSPS) is 14.2. The van der Waals surface area contributed by atoms with Gasteiger partial charge >= 0.3 is 0 Å². The Morgan fingerprint density at radius 2 is 1.69 bits per heavy atom. The van der Waals surface area contributed by atoms with Crippen LogP contribution in [0.3, 0.4) is 0 Å². The maximum atomic E-state index is 11.8. The van der Waals surface area contributed by atoms with Gasteiger partial charge in [0.2, 0.25) is 0 Å². The largest absolute Gasteiger partial charge is 0.299 e. The molecule has 0 N–H and O–H groups in total. The summed E-state index contributed by atoms with van der Waals surface area (Å²) in [5, 5.41) is 0. The highest BCUT2D eigenvalue weighted by Gasteiger charge is 2.35. The van der Waals surface area contributed by atoms with E-state index in [1.807, 2.05) is 0 Å². The first-order chi connectivity index (χ1) is 7.61. The molecule has 0 saturated heterocycles. The van der Waals surface area contributed by atoms with E-state index in [0.29, 0.717) is 11.1 Å². The number of fused-ring (bicyclic) bond motifs is 1. The summed E-state index contributed by atoms with van der Waals surface area (Å²) in [5.74, 6) is -0.619. The topological polar surface area (TPSA) is 54.5 Å². The highest BCUT2D eigenvalue weighted by atomic mass is 32.2. The summed E-state index contributed by atoms with van der Waals surface area (Å²) < 4.78 is 1.05. The molecule has 0 aromatic heterocycles. The van der Waals surface area contributed by atoms with Crippen molar-refractivity contribution in [2.24, 2.45) is 0 Å². The number of hydrogen-bond donors (Lipinski definition) is 0. The van der Waals surface area contributed by atoms with Crippen LogP contribution in [-0.4, -0.2) is 27.7 Å². The molecule has 0 saturated carbocycles. The van der Waals surface area contributed by atoms with Crippen LogP contribution in [0.2, 0.25) is 0 Å². The van der Waals surface area contributed by atoms with Crippen LogP contribution in [0.25, 0.3) is 0 Å².